The van der Waals surface area contributed by atoms with Crippen LogP contribution in [0.2, 0.25) is 0 Å². The number of nitrogens with two attached hydrogens (primary N) is 1. The third-order valence-electron chi connectivity index (χ3n) is 4.11. The molecule has 0 aromatic heterocycles. The smallest absolute Gasteiger partial charge is 0.0595 e. The summed E-state index contributed by atoms with van der Waals surface area (Å²) in [4.78, 5) is 2.60. The number of ether oxygens (including phenoxy) is 1. The lowest BCUT2D eigenvalue weighted by molar-refractivity contribution is -0.0333. The Labute approximate surface area is 86.6 Å². The van der Waals surface area contributed by atoms with Crippen molar-refractivity contribution in [3.63, 3.8) is 0 Å². The fourth-order valence-corrected chi connectivity index (χ4v) is 2.80. The highest BCUT2D eigenvalue weighted by atomic mass is 16.5. The zero-order valence-corrected chi connectivity index (χ0v) is 9.17. The summed E-state index contributed by atoms with van der Waals surface area (Å²) in [5.74, 6) is 0. The third kappa shape index (κ3) is 1.69. The number of hydrogen-bond acceptors (Lipinski definition) is 3. The molecule has 0 spiro atoms. The minimum atomic E-state index is 0.374. The highest BCUT2D eigenvalue weighted by Gasteiger charge is 2.42. The largest absolute Gasteiger partial charge is 0.381 e. The SMILES string of the molecule is COC1CCN(C2(CN)CCC2)CC1. The van der Waals surface area contributed by atoms with Gasteiger partial charge in [0, 0.05) is 32.3 Å². The Bertz CT molecular complexity index is 178. The first-order valence-electron chi connectivity index (χ1n) is 5.79. The lowest BCUT2D eigenvalue weighted by Gasteiger charge is -2.52. The number of hydrogen-bond donors (Lipinski definition) is 1. The Morgan fingerprint density at radius 2 is 2.00 bits per heavy atom. The van der Waals surface area contributed by atoms with Crippen molar-refractivity contribution in [2.45, 2.75) is 43.7 Å². The van der Waals surface area contributed by atoms with Gasteiger partial charge in [0.15, 0.2) is 0 Å². The summed E-state index contributed by atoms with van der Waals surface area (Å²) < 4.78 is 5.38. The van der Waals surface area contributed by atoms with E-state index in [2.05, 4.69) is 4.90 Å². The predicted molar refractivity (Wildman–Crippen MR) is 57.2 cm³/mol. The van der Waals surface area contributed by atoms with Crippen LogP contribution in [0.5, 0.6) is 0 Å². The molecule has 0 bridgehead atoms. The highest BCUT2D eigenvalue weighted by molar-refractivity contribution is 5.00. The third-order valence-corrected chi connectivity index (χ3v) is 4.11. The van der Waals surface area contributed by atoms with Crippen molar-refractivity contribution in [1.82, 2.24) is 4.90 Å². The highest BCUT2D eigenvalue weighted by Crippen LogP contribution is 2.38. The molecule has 1 saturated heterocycles. The van der Waals surface area contributed by atoms with Gasteiger partial charge in [-0.05, 0) is 32.1 Å². The van der Waals surface area contributed by atoms with E-state index in [9.17, 15) is 0 Å². The first kappa shape index (κ1) is 10.4. The summed E-state index contributed by atoms with van der Waals surface area (Å²) in [6.45, 7) is 3.19. The van der Waals surface area contributed by atoms with E-state index in [1.807, 2.05) is 7.11 Å². The summed E-state index contributed by atoms with van der Waals surface area (Å²) in [5, 5.41) is 0. The molecule has 0 atom stereocenters. The molecule has 0 radical (unpaired) electrons. The molecule has 3 nitrogen and oxygen atoms in total. The Morgan fingerprint density at radius 3 is 2.36 bits per heavy atom. The van der Waals surface area contributed by atoms with Crippen LogP contribution in [-0.4, -0.2) is 43.3 Å². The van der Waals surface area contributed by atoms with Crippen LogP contribution < -0.4 is 5.73 Å². The van der Waals surface area contributed by atoms with Gasteiger partial charge in [-0.2, -0.15) is 0 Å². The van der Waals surface area contributed by atoms with Crippen LogP contribution in [0.1, 0.15) is 32.1 Å². The number of likely N-dealkylation sites (tertiary alicyclic amines) is 1. The fraction of sp³-hybridized carbons (Fsp3) is 1.00. The van der Waals surface area contributed by atoms with Crippen molar-refractivity contribution in [2.24, 2.45) is 5.73 Å². The zero-order valence-electron chi connectivity index (χ0n) is 9.17. The lowest BCUT2D eigenvalue weighted by atomic mass is 9.74. The molecule has 0 amide bonds. The zero-order chi connectivity index (χ0) is 10.0. The number of methoxy groups -OCH3 is 1. The molecule has 1 saturated carbocycles. The minimum absolute atomic E-state index is 0.374. The van der Waals surface area contributed by atoms with E-state index in [-0.39, 0.29) is 0 Å². The van der Waals surface area contributed by atoms with Gasteiger partial charge < -0.3 is 10.5 Å². The standard InChI is InChI=1S/C11H22N2O/c1-14-10-3-7-13(8-4-10)11(9-12)5-2-6-11/h10H,2-9,12H2,1H3. The van der Waals surface area contributed by atoms with E-state index >= 15 is 0 Å². The molecule has 0 aromatic carbocycles. The topological polar surface area (TPSA) is 38.5 Å². The van der Waals surface area contributed by atoms with Crippen molar-refractivity contribution < 1.29 is 4.74 Å². The maximum atomic E-state index is 5.89. The van der Waals surface area contributed by atoms with Crippen LogP contribution in [-0.2, 0) is 4.74 Å². The van der Waals surface area contributed by atoms with Gasteiger partial charge in [-0.15, -0.1) is 0 Å². The van der Waals surface area contributed by atoms with Crippen LogP contribution in [0, 0.1) is 0 Å². The Morgan fingerprint density at radius 1 is 1.36 bits per heavy atom. The first-order chi connectivity index (χ1) is 6.80. The molecule has 1 heterocycles. The molecule has 82 valence electrons. The van der Waals surface area contributed by atoms with Gasteiger partial charge >= 0.3 is 0 Å². The van der Waals surface area contributed by atoms with E-state index < -0.39 is 0 Å². The molecule has 1 aliphatic carbocycles. The quantitative estimate of drug-likeness (QED) is 0.734. The molecule has 0 unspecified atom stereocenters. The van der Waals surface area contributed by atoms with Crippen molar-refractivity contribution in [1.29, 1.82) is 0 Å². The molecule has 2 aliphatic rings. The van der Waals surface area contributed by atoms with Crippen LogP contribution in [0.3, 0.4) is 0 Å². The maximum Gasteiger partial charge on any atom is 0.0595 e. The lowest BCUT2D eigenvalue weighted by Crippen LogP contribution is -2.60. The van der Waals surface area contributed by atoms with Gasteiger partial charge in [-0.25, -0.2) is 0 Å². The predicted octanol–water partition coefficient (Wildman–Crippen LogP) is 0.979. The molecule has 2 N–H and O–H groups in total. The molecule has 14 heavy (non-hydrogen) atoms. The molecule has 3 heteroatoms. The van der Waals surface area contributed by atoms with E-state index in [0.717, 1.165) is 6.54 Å². The van der Waals surface area contributed by atoms with E-state index in [1.165, 1.54) is 45.2 Å². The Balaban J connectivity index is 1.88. The van der Waals surface area contributed by atoms with Gasteiger partial charge in [0.2, 0.25) is 0 Å². The summed E-state index contributed by atoms with van der Waals surface area (Å²) in [7, 11) is 1.82. The normalized spacial score (nSPS) is 28.7. The maximum absolute atomic E-state index is 5.89. The number of nitrogens with zero attached hydrogens (tertiary/aromatic N) is 1. The molecule has 0 aromatic rings. The van der Waals surface area contributed by atoms with E-state index in [1.54, 1.807) is 0 Å². The van der Waals surface area contributed by atoms with Crippen LogP contribution in [0.25, 0.3) is 0 Å². The molecule has 2 rings (SSSR count). The summed E-state index contributed by atoms with van der Waals surface area (Å²) in [6.07, 6.45) is 6.82. The first-order valence-corrected chi connectivity index (χ1v) is 5.79. The second kappa shape index (κ2) is 4.17. The second-order valence-corrected chi connectivity index (χ2v) is 4.70. The van der Waals surface area contributed by atoms with Crippen LogP contribution in [0.15, 0.2) is 0 Å². The molecule has 2 fully saturated rings. The number of rotatable bonds is 3. The molecule has 1 aliphatic heterocycles. The average molecular weight is 198 g/mol. The minimum Gasteiger partial charge on any atom is -0.381 e. The van der Waals surface area contributed by atoms with Gasteiger partial charge in [-0.3, -0.25) is 4.90 Å². The molecular formula is C11H22N2O. The summed E-state index contributed by atoms with van der Waals surface area (Å²) in [5.41, 5.74) is 6.27. The van der Waals surface area contributed by atoms with E-state index in [0.29, 0.717) is 11.6 Å². The Kier molecular flexibility index (Phi) is 3.10. The van der Waals surface area contributed by atoms with Crippen molar-refractivity contribution in [2.75, 3.05) is 26.7 Å². The van der Waals surface area contributed by atoms with Gasteiger partial charge in [0.05, 0.1) is 6.10 Å². The van der Waals surface area contributed by atoms with Crippen LogP contribution in [0.4, 0.5) is 0 Å². The molecular weight excluding hydrogens is 176 g/mol. The average Bonchev–Trinajstić information content (AvgIpc) is 2.18. The summed E-state index contributed by atoms with van der Waals surface area (Å²) in [6, 6.07) is 0. The van der Waals surface area contributed by atoms with Crippen LogP contribution >= 0.6 is 0 Å². The van der Waals surface area contributed by atoms with Crippen molar-refractivity contribution in [3.05, 3.63) is 0 Å². The van der Waals surface area contributed by atoms with Crippen molar-refractivity contribution >= 4 is 0 Å². The second-order valence-electron chi connectivity index (χ2n) is 4.70. The Hall–Kier alpha value is -0.120. The van der Waals surface area contributed by atoms with E-state index in [4.69, 9.17) is 10.5 Å². The van der Waals surface area contributed by atoms with Gasteiger partial charge in [0.25, 0.3) is 0 Å². The fourth-order valence-electron chi connectivity index (χ4n) is 2.80. The van der Waals surface area contributed by atoms with Gasteiger partial charge in [0.1, 0.15) is 0 Å². The van der Waals surface area contributed by atoms with Crippen molar-refractivity contribution in [3.8, 4) is 0 Å². The monoisotopic (exact) mass is 198 g/mol. The van der Waals surface area contributed by atoms with Gasteiger partial charge in [-0.1, -0.05) is 0 Å². The number of piperidine rings is 1. The summed E-state index contributed by atoms with van der Waals surface area (Å²) >= 11 is 0.